The molecule has 0 aliphatic heterocycles. The minimum atomic E-state index is -0.485. The van der Waals surface area contributed by atoms with Crippen molar-refractivity contribution in [2.45, 2.75) is 0 Å². The minimum Gasteiger partial charge on any atom is -0.507 e. The van der Waals surface area contributed by atoms with E-state index in [0.717, 1.165) is 0 Å². The lowest BCUT2D eigenvalue weighted by molar-refractivity contribution is 0.102. The molecule has 7 heteroatoms. The van der Waals surface area contributed by atoms with Crippen LogP contribution >= 0.6 is 27.5 Å². The third kappa shape index (κ3) is 3.45. The molecule has 22 heavy (non-hydrogen) atoms. The first-order chi connectivity index (χ1) is 10.5. The lowest BCUT2D eigenvalue weighted by atomic mass is 10.2. The number of amides is 1. The first kappa shape index (κ1) is 16.5. The van der Waals surface area contributed by atoms with E-state index in [1.165, 1.54) is 32.4 Å². The molecule has 2 rings (SSSR count). The van der Waals surface area contributed by atoms with Gasteiger partial charge >= 0.3 is 0 Å². The predicted octanol–water partition coefficient (Wildman–Crippen LogP) is 4.08. The lowest BCUT2D eigenvalue weighted by Gasteiger charge is -2.13. The van der Waals surface area contributed by atoms with Gasteiger partial charge in [-0.05, 0) is 18.2 Å². The van der Waals surface area contributed by atoms with E-state index >= 15 is 0 Å². The summed E-state index contributed by atoms with van der Waals surface area (Å²) in [6.45, 7) is 0. The van der Waals surface area contributed by atoms with Gasteiger partial charge in [-0.3, -0.25) is 4.79 Å². The number of carbonyl (C=O) groups is 1. The average molecular weight is 387 g/mol. The number of anilines is 1. The van der Waals surface area contributed by atoms with Crippen molar-refractivity contribution in [3.05, 3.63) is 45.4 Å². The van der Waals surface area contributed by atoms with Crippen LogP contribution in [0.15, 0.2) is 34.8 Å². The van der Waals surface area contributed by atoms with E-state index in [-0.39, 0.29) is 11.3 Å². The largest absolute Gasteiger partial charge is 0.507 e. The topological polar surface area (TPSA) is 67.8 Å². The van der Waals surface area contributed by atoms with E-state index in [0.29, 0.717) is 26.7 Å². The summed E-state index contributed by atoms with van der Waals surface area (Å²) in [5.41, 5.74) is 0.512. The van der Waals surface area contributed by atoms with Crippen LogP contribution < -0.4 is 14.8 Å². The van der Waals surface area contributed by atoms with Crippen molar-refractivity contribution in [2.24, 2.45) is 0 Å². The van der Waals surface area contributed by atoms with E-state index in [4.69, 9.17) is 21.1 Å². The van der Waals surface area contributed by atoms with E-state index in [2.05, 4.69) is 21.2 Å². The number of carbonyl (C=O) groups excluding carboxylic acids is 1. The van der Waals surface area contributed by atoms with Gasteiger partial charge in [-0.1, -0.05) is 27.5 Å². The second kappa shape index (κ2) is 6.89. The molecule has 2 aromatic rings. The Hall–Kier alpha value is -1.92. The lowest BCUT2D eigenvalue weighted by Crippen LogP contribution is -2.13. The zero-order valence-electron chi connectivity index (χ0n) is 11.8. The highest BCUT2D eigenvalue weighted by Gasteiger charge is 2.16. The maximum atomic E-state index is 12.3. The molecule has 5 nitrogen and oxygen atoms in total. The fourth-order valence-electron chi connectivity index (χ4n) is 1.84. The van der Waals surface area contributed by atoms with Crippen molar-refractivity contribution in [2.75, 3.05) is 19.5 Å². The van der Waals surface area contributed by atoms with Crippen molar-refractivity contribution >= 4 is 39.1 Å². The number of ether oxygens (including phenoxy) is 2. The highest BCUT2D eigenvalue weighted by atomic mass is 79.9. The molecule has 0 heterocycles. The van der Waals surface area contributed by atoms with Crippen LogP contribution in [-0.4, -0.2) is 25.2 Å². The number of hydrogen-bond donors (Lipinski definition) is 2. The van der Waals surface area contributed by atoms with Gasteiger partial charge in [0.1, 0.15) is 17.2 Å². The monoisotopic (exact) mass is 385 g/mol. The molecule has 116 valence electrons. The summed E-state index contributed by atoms with van der Waals surface area (Å²) in [6, 6.07) is 7.67. The van der Waals surface area contributed by atoms with Gasteiger partial charge in [-0.2, -0.15) is 0 Å². The van der Waals surface area contributed by atoms with Crippen LogP contribution in [0.25, 0.3) is 0 Å². The zero-order chi connectivity index (χ0) is 16.3. The van der Waals surface area contributed by atoms with Gasteiger partial charge in [0.25, 0.3) is 5.91 Å². The summed E-state index contributed by atoms with van der Waals surface area (Å²) < 4.78 is 11.0. The Morgan fingerprint density at radius 2 is 1.86 bits per heavy atom. The van der Waals surface area contributed by atoms with Gasteiger partial charge in [0.2, 0.25) is 0 Å². The number of methoxy groups -OCH3 is 2. The van der Waals surface area contributed by atoms with Crippen LogP contribution in [0.5, 0.6) is 17.2 Å². The Morgan fingerprint density at radius 3 is 2.50 bits per heavy atom. The summed E-state index contributed by atoms with van der Waals surface area (Å²) in [4.78, 5) is 12.3. The first-order valence-corrected chi connectivity index (χ1v) is 7.34. The number of phenolic OH excluding ortho intramolecular Hbond substituents is 1. The highest BCUT2D eigenvalue weighted by molar-refractivity contribution is 9.10. The Bertz CT molecular complexity index is 721. The molecular weight excluding hydrogens is 374 g/mol. The average Bonchev–Trinajstić information content (AvgIpc) is 2.50. The number of halogens is 2. The van der Waals surface area contributed by atoms with Crippen LogP contribution in [0.4, 0.5) is 5.69 Å². The maximum absolute atomic E-state index is 12.3. The number of hydrogen-bond acceptors (Lipinski definition) is 4. The van der Waals surface area contributed by atoms with Gasteiger partial charge in [0.05, 0.1) is 30.5 Å². The van der Waals surface area contributed by atoms with Crippen molar-refractivity contribution in [1.29, 1.82) is 0 Å². The molecule has 0 fully saturated rings. The molecular formula is C15H13BrClNO4. The molecule has 0 radical (unpaired) electrons. The Balaban J connectivity index is 2.37. The molecule has 0 saturated heterocycles. The van der Waals surface area contributed by atoms with Gasteiger partial charge in [0.15, 0.2) is 0 Å². The molecule has 2 aromatic carbocycles. The number of nitrogens with one attached hydrogen (secondary N) is 1. The van der Waals surface area contributed by atoms with Crippen LogP contribution in [0.2, 0.25) is 5.02 Å². The van der Waals surface area contributed by atoms with Gasteiger partial charge < -0.3 is 19.9 Å². The quantitative estimate of drug-likeness (QED) is 0.831. The Morgan fingerprint density at radius 1 is 1.18 bits per heavy atom. The normalized spacial score (nSPS) is 10.2. The fraction of sp³-hybridized carbons (Fsp3) is 0.133. The van der Waals surface area contributed by atoms with Crippen molar-refractivity contribution in [1.82, 2.24) is 0 Å². The van der Waals surface area contributed by atoms with Crippen molar-refractivity contribution in [3.8, 4) is 17.2 Å². The second-order valence-corrected chi connectivity index (χ2v) is 5.63. The SMILES string of the molecule is COc1cc(NC(=O)c2cc(Br)ccc2O)c(OC)cc1Cl. The molecule has 0 spiro atoms. The standard InChI is InChI=1S/C15H13BrClNO4/c1-21-13-7-11(14(22-2)6-10(13)17)18-15(20)9-5-8(16)3-4-12(9)19/h3-7,19H,1-2H3,(H,18,20). The Labute approximate surface area is 140 Å². The van der Waals surface area contributed by atoms with Gasteiger partial charge in [-0.15, -0.1) is 0 Å². The van der Waals surface area contributed by atoms with Crippen molar-refractivity contribution in [3.63, 3.8) is 0 Å². The molecule has 0 bridgehead atoms. The molecule has 2 N–H and O–H groups in total. The Kier molecular flexibility index (Phi) is 5.15. The summed E-state index contributed by atoms with van der Waals surface area (Å²) in [5, 5.41) is 12.8. The van der Waals surface area contributed by atoms with E-state index in [9.17, 15) is 9.90 Å². The fourth-order valence-corrected chi connectivity index (χ4v) is 2.43. The van der Waals surface area contributed by atoms with E-state index < -0.39 is 5.91 Å². The third-order valence-corrected chi connectivity index (χ3v) is 3.71. The van der Waals surface area contributed by atoms with Crippen molar-refractivity contribution < 1.29 is 19.4 Å². The summed E-state index contributed by atoms with van der Waals surface area (Å²) >= 11 is 9.27. The number of phenols is 1. The van der Waals surface area contributed by atoms with E-state index in [1.54, 1.807) is 12.1 Å². The smallest absolute Gasteiger partial charge is 0.259 e. The molecule has 0 aliphatic carbocycles. The third-order valence-electron chi connectivity index (χ3n) is 2.93. The van der Waals surface area contributed by atoms with Gasteiger partial charge in [-0.25, -0.2) is 0 Å². The second-order valence-electron chi connectivity index (χ2n) is 4.30. The molecule has 0 unspecified atom stereocenters. The van der Waals surface area contributed by atoms with Crippen LogP contribution in [0.3, 0.4) is 0 Å². The van der Waals surface area contributed by atoms with Crippen LogP contribution in [0.1, 0.15) is 10.4 Å². The summed E-state index contributed by atoms with van der Waals surface area (Å²) in [7, 11) is 2.93. The van der Waals surface area contributed by atoms with Gasteiger partial charge in [0, 0.05) is 16.6 Å². The molecule has 0 aromatic heterocycles. The number of benzene rings is 2. The summed E-state index contributed by atoms with van der Waals surface area (Å²) in [5.74, 6) is 0.173. The highest BCUT2D eigenvalue weighted by Crippen LogP contribution is 2.36. The minimum absolute atomic E-state index is 0.124. The van der Waals surface area contributed by atoms with E-state index in [1.807, 2.05) is 0 Å². The van der Waals surface area contributed by atoms with Crippen LogP contribution in [0, 0.1) is 0 Å². The van der Waals surface area contributed by atoms with Crippen LogP contribution in [-0.2, 0) is 0 Å². The summed E-state index contributed by atoms with van der Waals surface area (Å²) in [6.07, 6.45) is 0. The first-order valence-electron chi connectivity index (χ1n) is 6.17. The molecule has 0 saturated carbocycles. The zero-order valence-corrected chi connectivity index (χ0v) is 14.2. The molecule has 0 atom stereocenters. The predicted molar refractivity (Wildman–Crippen MR) is 88.3 cm³/mol. The number of rotatable bonds is 4. The number of aromatic hydroxyl groups is 1. The molecule has 0 aliphatic rings. The molecule has 1 amide bonds. The maximum Gasteiger partial charge on any atom is 0.259 e.